The van der Waals surface area contributed by atoms with E-state index in [1.165, 1.54) is 44.9 Å². The number of rotatable bonds is 15. The van der Waals surface area contributed by atoms with Gasteiger partial charge in [0.1, 0.15) is 24.4 Å². The fraction of sp³-hybridized carbons (Fsp3) is 1.00. The van der Waals surface area contributed by atoms with Gasteiger partial charge in [-0.3, -0.25) is 0 Å². The predicted molar refractivity (Wildman–Crippen MR) is 101 cm³/mol. The van der Waals surface area contributed by atoms with Crippen molar-refractivity contribution in [3.05, 3.63) is 0 Å². The monoisotopic (exact) mass is 407 g/mol. The standard InChI is InChI=1S/C19H36O7S/c1-2-3-4-5-6-7-8-9-11-23-16-14-25-19-17(15-26-18(16)19)24-12-10-13-27(20,21)22/h16-19H,2-15H2,1H3,(H,20,21,22)/p-1/t16-,17+,18?,19?/m1/s1. The Morgan fingerprint density at radius 2 is 1.30 bits per heavy atom. The zero-order valence-electron chi connectivity index (χ0n) is 16.5. The summed E-state index contributed by atoms with van der Waals surface area (Å²) in [5, 5.41) is 0. The van der Waals surface area contributed by atoms with Crippen LogP contribution in [0.25, 0.3) is 0 Å². The van der Waals surface area contributed by atoms with E-state index in [0.717, 1.165) is 13.0 Å². The van der Waals surface area contributed by atoms with Crippen LogP contribution in [0.2, 0.25) is 0 Å². The summed E-state index contributed by atoms with van der Waals surface area (Å²) >= 11 is 0. The van der Waals surface area contributed by atoms with E-state index in [2.05, 4.69) is 6.92 Å². The molecule has 2 fully saturated rings. The Balaban J connectivity index is 1.52. The minimum Gasteiger partial charge on any atom is -0.748 e. The van der Waals surface area contributed by atoms with Crippen LogP contribution >= 0.6 is 0 Å². The van der Waals surface area contributed by atoms with Gasteiger partial charge in [0.15, 0.2) is 0 Å². The van der Waals surface area contributed by atoms with E-state index >= 15 is 0 Å². The molecule has 0 radical (unpaired) electrons. The van der Waals surface area contributed by atoms with E-state index < -0.39 is 15.9 Å². The molecule has 0 aromatic rings. The fourth-order valence-corrected chi connectivity index (χ4v) is 4.13. The van der Waals surface area contributed by atoms with Crippen LogP contribution in [0.1, 0.15) is 64.7 Å². The SMILES string of the molecule is CCCCCCCCCCO[C@@H]1COC2C1OC[C@@H]2OCCCS(=O)(=O)[O-]. The van der Waals surface area contributed by atoms with E-state index in [1.807, 2.05) is 0 Å². The lowest BCUT2D eigenvalue weighted by molar-refractivity contribution is -0.0505. The molecule has 2 aliphatic rings. The Morgan fingerprint density at radius 3 is 1.81 bits per heavy atom. The number of unbranched alkanes of at least 4 members (excludes halogenated alkanes) is 7. The van der Waals surface area contributed by atoms with Gasteiger partial charge >= 0.3 is 0 Å². The molecule has 0 aromatic carbocycles. The van der Waals surface area contributed by atoms with Gasteiger partial charge in [-0.1, -0.05) is 51.9 Å². The molecule has 160 valence electrons. The van der Waals surface area contributed by atoms with Crippen LogP contribution in [0.4, 0.5) is 0 Å². The lowest BCUT2D eigenvalue weighted by Crippen LogP contribution is -2.34. The maximum absolute atomic E-state index is 10.6. The largest absolute Gasteiger partial charge is 0.748 e. The topological polar surface area (TPSA) is 94.1 Å². The zero-order valence-corrected chi connectivity index (χ0v) is 17.3. The minimum absolute atomic E-state index is 0.0600. The lowest BCUT2D eigenvalue weighted by Gasteiger charge is -2.17. The van der Waals surface area contributed by atoms with Gasteiger partial charge in [-0.05, 0) is 12.8 Å². The average molecular weight is 408 g/mol. The molecule has 0 aromatic heterocycles. The fourth-order valence-electron chi connectivity index (χ4n) is 3.66. The van der Waals surface area contributed by atoms with Gasteiger partial charge in [-0.25, -0.2) is 8.42 Å². The zero-order chi connectivity index (χ0) is 19.5. The maximum atomic E-state index is 10.6. The third kappa shape index (κ3) is 8.75. The highest BCUT2D eigenvalue weighted by atomic mass is 32.2. The highest BCUT2D eigenvalue weighted by Gasteiger charge is 2.48. The van der Waals surface area contributed by atoms with Crippen LogP contribution in [-0.4, -0.2) is 69.6 Å². The molecule has 2 saturated heterocycles. The molecule has 0 saturated carbocycles. The van der Waals surface area contributed by atoms with Crippen LogP contribution < -0.4 is 0 Å². The Morgan fingerprint density at radius 1 is 0.815 bits per heavy atom. The van der Waals surface area contributed by atoms with Gasteiger partial charge < -0.3 is 23.5 Å². The molecule has 2 rings (SSSR count). The van der Waals surface area contributed by atoms with Crippen molar-refractivity contribution in [2.75, 3.05) is 32.2 Å². The molecule has 0 amide bonds. The van der Waals surface area contributed by atoms with Gasteiger partial charge in [-0.2, -0.15) is 0 Å². The lowest BCUT2D eigenvalue weighted by atomic mass is 10.1. The summed E-state index contributed by atoms with van der Waals surface area (Å²) in [6, 6.07) is 0. The molecule has 27 heavy (non-hydrogen) atoms. The quantitative estimate of drug-likeness (QED) is 0.304. The van der Waals surface area contributed by atoms with Gasteiger partial charge in [0.2, 0.25) is 0 Å². The van der Waals surface area contributed by atoms with E-state index in [4.69, 9.17) is 18.9 Å². The Bertz CT molecular complexity index is 496. The summed E-state index contributed by atoms with van der Waals surface area (Å²) in [7, 11) is -4.18. The summed E-state index contributed by atoms with van der Waals surface area (Å²) in [4.78, 5) is 0. The Labute approximate surface area is 163 Å². The predicted octanol–water partition coefficient (Wildman–Crippen LogP) is 2.63. The summed E-state index contributed by atoms with van der Waals surface area (Å²) in [6.45, 7) is 4.09. The average Bonchev–Trinajstić information content (AvgIpc) is 3.19. The molecule has 0 N–H and O–H groups in total. The second kappa shape index (κ2) is 12.3. The van der Waals surface area contributed by atoms with Crippen LogP contribution in [0, 0.1) is 0 Å². The van der Waals surface area contributed by atoms with Gasteiger partial charge in [-0.15, -0.1) is 0 Å². The second-order valence-electron chi connectivity index (χ2n) is 7.50. The van der Waals surface area contributed by atoms with Crippen molar-refractivity contribution in [3.8, 4) is 0 Å². The summed E-state index contributed by atoms with van der Waals surface area (Å²) in [6.07, 6.45) is 9.78. The summed E-state index contributed by atoms with van der Waals surface area (Å²) in [5.41, 5.74) is 0. The summed E-state index contributed by atoms with van der Waals surface area (Å²) in [5.74, 6) is -0.403. The Hall–Kier alpha value is -0.250. The highest BCUT2D eigenvalue weighted by molar-refractivity contribution is 7.85. The maximum Gasteiger partial charge on any atom is 0.115 e. The first-order valence-electron chi connectivity index (χ1n) is 10.4. The van der Waals surface area contributed by atoms with Crippen molar-refractivity contribution < 1.29 is 31.9 Å². The molecule has 2 unspecified atom stereocenters. The van der Waals surface area contributed by atoms with E-state index in [-0.39, 0.29) is 37.4 Å². The first kappa shape index (κ1) is 23.0. The van der Waals surface area contributed by atoms with Crippen LogP contribution in [0.3, 0.4) is 0 Å². The first-order chi connectivity index (χ1) is 13.0. The van der Waals surface area contributed by atoms with Crippen LogP contribution in [-0.2, 0) is 29.1 Å². The molecule has 7 nitrogen and oxygen atoms in total. The second-order valence-corrected chi connectivity index (χ2v) is 9.03. The molecular weight excluding hydrogens is 372 g/mol. The molecule has 0 spiro atoms. The molecule has 8 heteroatoms. The Kier molecular flexibility index (Phi) is 10.5. The molecular formula is C19H35O7S-. The number of fused-ring (bicyclic) bond motifs is 1. The van der Waals surface area contributed by atoms with E-state index in [1.54, 1.807) is 0 Å². The number of hydrogen-bond acceptors (Lipinski definition) is 7. The van der Waals surface area contributed by atoms with Crippen molar-refractivity contribution in [1.29, 1.82) is 0 Å². The minimum atomic E-state index is -4.18. The highest BCUT2D eigenvalue weighted by Crippen LogP contribution is 2.30. The van der Waals surface area contributed by atoms with E-state index in [9.17, 15) is 13.0 Å². The van der Waals surface area contributed by atoms with Gasteiger partial charge in [0.05, 0.1) is 23.3 Å². The third-order valence-corrected chi connectivity index (χ3v) is 5.95. The first-order valence-corrected chi connectivity index (χ1v) is 12.0. The number of hydrogen-bond donors (Lipinski definition) is 0. The van der Waals surface area contributed by atoms with Crippen LogP contribution in [0.5, 0.6) is 0 Å². The molecule has 0 aliphatic carbocycles. The van der Waals surface area contributed by atoms with Crippen molar-refractivity contribution >= 4 is 10.1 Å². The molecule has 2 heterocycles. The molecule has 2 aliphatic heterocycles. The third-order valence-electron chi connectivity index (χ3n) is 5.16. The van der Waals surface area contributed by atoms with Crippen molar-refractivity contribution in [2.45, 2.75) is 89.1 Å². The van der Waals surface area contributed by atoms with E-state index in [0.29, 0.717) is 13.2 Å². The molecule has 0 bridgehead atoms. The van der Waals surface area contributed by atoms with Gasteiger partial charge in [0, 0.05) is 19.0 Å². The normalized spacial score (nSPS) is 27.9. The van der Waals surface area contributed by atoms with Crippen molar-refractivity contribution in [3.63, 3.8) is 0 Å². The van der Waals surface area contributed by atoms with Crippen molar-refractivity contribution in [2.24, 2.45) is 0 Å². The smallest absolute Gasteiger partial charge is 0.115 e. The van der Waals surface area contributed by atoms with Crippen LogP contribution in [0.15, 0.2) is 0 Å². The van der Waals surface area contributed by atoms with Crippen molar-refractivity contribution in [1.82, 2.24) is 0 Å². The summed E-state index contributed by atoms with van der Waals surface area (Å²) < 4.78 is 55.0. The van der Waals surface area contributed by atoms with Gasteiger partial charge in [0.25, 0.3) is 0 Å². The number of ether oxygens (including phenoxy) is 4. The molecule has 4 atom stereocenters.